The molecule has 2 heteroatoms. The van der Waals surface area contributed by atoms with E-state index in [-0.39, 0.29) is 0 Å². The number of rotatable bonds is 5. The Bertz CT molecular complexity index is 577. The molecule has 0 bridgehead atoms. The smallest absolute Gasteiger partial charge is 0.130 e. The number of hydrogen-bond donors (Lipinski definition) is 0. The maximum Gasteiger partial charge on any atom is 0.130 e. The van der Waals surface area contributed by atoms with Gasteiger partial charge < -0.3 is 4.74 Å². The van der Waals surface area contributed by atoms with Crippen LogP contribution in [0.25, 0.3) is 0 Å². The molecule has 0 spiro atoms. The average Bonchev–Trinajstić information content (AvgIpc) is 2.49. The fourth-order valence-corrected chi connectivity index (χ4v) is 2.58. The van der Waals surface area contributed by atoms with E-state index in [9.17, 15) is 0 Å². The summed E-state index contributed by atoms with van der Waals surface area (Å²) in [6, 6.07) is 14.6. The predicted octanol–water partition coefficient (Wildman–Crippen LogP) is 6.20. The normalized spacial score (nSPS) is 12.2. The highest BCUT2D eigenvalue weighted by atomic mass is 79.9. The third-order valence-electron chi connectivity index (χ3n) is 3.68. The number of halogens is 1. The lowest BCUT2D eigenvalue weighted by molar-refractivity contribution is 0.466. The van der Waals surface area contributed by atoms with Gasteiger partial charge in [0.05, 0.1) is 0 Å². The quantitative estimate of drug-likeness (QED) is 0.592. The summed E-state index contributed by atoms with van der Waals surface area (Å²) in [5.74, 6) is 2.41. The van der Waals surface area contributed by atoms with Crippen LogP contribution in [0.15, 0.2) is 42.5 Å². The van der Waals surface area contributed by atoms with Gasteiger partial charge in [0.15, 0.2) is 0 Å². The minimum atomic E-state index is 0.508. The first-order valence-electron chi connectivity index (χ1n) is 7.08. The van der Waals surface area contributed by atoms with Crippen LogP contribution in [0.1, 0.15) is 42.9 Å². The summed E-state index contributed by atoms with van der Waals surface area (Å²) in [4.78, 5) is 0. The zero-order chi connectivity index (χ0) is 14.5. The Morgan fingerprint density at radius 2 is 1.85 bits per heavy atom. The Kier molecular flexibility index (Phi) is 5.24. The van der Waals surface area contributed by atoms with Crippen molar-refractivity contribution in [1.82, 2.24) is 0 Å². The molecule has 1 nitrogen and oxygen atoms in total. The molecule has 2 aromatic carbocycles. The fraction of sp³-hybridized carbons (Fsp3) is 0.333. The van der Waals surface area contributed by atoms with Gasteiger partial charge in [-0.05, 0) is 48.1 Å². The number of benzene rings is 2. The van der Waals surface area contributed by atoms with Crippen molar-refractivity contribution in [2.45, 2.75) is 38.4 Å². The zero-order valence-electron chi connectivity index (χ0n) is 12.3. The summed E-state index contributed by atoms with van der Waals surface area (Å²) in [5, 5.41) is 0.873. The fourth-order valence-electron chi connectivity index (χ4n) is 2.23. The van der Waals surface area contributed by atoms with E-state index in [1.165, 1.54) is 16.7 Å². The highest BCUT2D eigenvalue weighted by molar-refractivity contribution is 9.08. The molecule has 0 aromatic heterocycles. The second-order valence-corrected chi connectivity index (χ2v) is 5.74. The van der Waals surface area contributed by atoms with Gasteiger partial charge in [-0.3, -0.25) is 0 Å². The van der Waals surface area contributed by atoms with E-state index in [0.29, 0.717) is 5.92 Å². The van der Waals surface area contributed by atoms with Gasteiger partial charge in [-0.2, -0.15) is 0 Å². The third-order valence-corrected chi connectivity index (χ3v) is 4.32. The van der Waals surface area contributed by atoms with Gasteiger partial charge in [0.2, 0.25) is 0 Å². The van der Waals surface area contributed by atoms with E-state index in [2.05, 4.69) is 73.1 Å². The van der Waals surface area contributed by atoms with Crippen molar-refractivity contribution in [2.24, 2.45) is 0 Å². The number of alkyl halides is 1. The third kappa shape index (κ3) is 3.43. The van der Waals surface area contributed by atoms with E-state index in [1.807, 2.05) is 6.07 Å². The van der Waals surface area contributed by atoms with Crippen molar-refractivity contribution >= 4 is 15.9 Å². The molecule has 1 atom stereocenters. The molecule has 1 unspecified atom stereocenters. The molecule has 2 rings (SSSR count). The second-order valence-electron chi connectivity index (χ2n) is 5.18. The van der Waals surface area contributed by atoms with Crippen molar-refractivity contribution in [3.05, 3.63) is 59.2 Å². The van der Waals surface area contributed by atoms with Crippen molar-refractivity contribution in [1.29, 1.82) is 0 Å². The van der Waals surface area contributed by atoms with Crippen LogP contribution >= 0.6 is 15.9 Å². The maximum atomic E-state index is 6.15. The number of para-hydroxylation sites is 1. The number of ether oxygens (including phenoxy) is 1. The van der Waals surface area contributed by atoms with Crippen molar-refractivity contribution < 1.29 is 4.74 Å². The van der Waals surface area contributed by atoms with Crippen molar-refractivity contribution in [3.63, 3.8) is 0 Å². The minimum absolute atomic E-state index is 0.508. The molecule has 0 N–H and O–H groups in total. The number of aryl methyl sites for hydroxylation is 1. The lowest BCUT2D eigenvalue weighted by Gasteiger charge is -2.16. The number of hydrogen-bond acceptors (Lipinski definition) is 1. The van der Waals surface area contributed by atoms with E-state index in [4.69, 9.17) is 4.74 Å². The molecule has 0 amide bonds. The average molecular weight is 333 g/mol. The molecule has 20 heavy (non-hydrogen) atoms. The highest BCUT2D eigenvalue weighted by Gasteiger charge is 2.11. The monoisotopic (exact) mass is 332 g/mol. The molecule has 0 radical (unpaired) electrons. The summed E-state index contributed by atoms with van der Waals surface area (Å²) in [5.41, 5.74) is 3.71. The van der Waals surface area contributed by atoms with Crippen LogP contribution < -0.4 is 4.74 Å². The lowest BCUT2D eigenvalue weighted by atomic mass is 9.98. The first-order chi connectivity index (χ1) is 9.65. The van der Waals surface area contributed by atoms with E-state index < -0.39 is 0 Å². The van der Waals surface area contributed by atoms with Gasteiger partial charge in [0, 0.05) is 5.33 Å². The summed E-state index contributed by atoms with van der Waals surface area (Å²) < 4.78 is 6.15. The Morgan fingerprint density at radius 3 is 2.50 bits per heavy atom. The largest absolute Gasteiger partial charge is 0.457 e. The van der Waals surface area contributed by atoms with Crippen LogP contribution in [0.3, 0.4) is 0 Å². The van der Waals surface area contributed by atoms with Crippen molar-refractivity contribution in [2.75, 3.05) is 0 Å². The maximum absolute atomic E-state index is 6.15. The molecule has 0 saturated carbocycles. The van der Waals surface area contributed by atoms with Gasteiger partial charge in [0.25, 0.3) is 0 Å². The van der Waals surface area contributed by atoms with E-state index in [0.717, 1.165) is 23.2 Å². The summed E-state index contributed by atoms with van der Waals surface area (Å²) in [7, 11) is 0. The minimum Gasteiger partial charge on any atom is -0.457 e. The molecular weight excluding hydrogens is 312 g/mol. The second kappa shape index (κ2) is 6.94. The Morgan fingerprint density at radius 1 is 1.10 bits per heavy atom. The summed E-state index contributed by atoms with van der Waals surface area (Å²) in [6.07, 6.45) is 1.11. The van der Waals surface area contributed by atoms with Crippen molar-refractivity contribution in [3.8, 4) is 11.5 Å². The summed E-state index contributed by atoms with van der Waals surface area (Å²) >= 11 is 3.48. The van der Waals surface area contributed by atoms with Crippen LogP contribution in [0.2, 0.25) is 0 Å². The molecule has 0 saturated heterocycles. The van der Waals surface area contributed by atoms with Crippen LogP contribution in [-0.2, 0) is 5.33 Å². The van der Waals surface area contributed by atoms with Gasteiger partial charge in [0.1, 0.15) is 11.5 Å². The Balaban J connectivity index is 2.30. The lowest BCUT2D eigenvalue weighted by Crippen LogP contribution is -1.97. The molecule has 0 fully saturated rings. The van der Waals surface area contributed by atoms with Crippen LogP contribution in [-0.4, -0.2) is 0 Å². The van der Waals surface area contributed by atoms with E-state index >= 15 is 0 Å². The Hall–Kier alpha value is -1.28. The SMILES string of the molecule is CCC(C)c1ccccc1Oc1ccc(CBr)cc1C. The molecular formula is C18H21BrO. The molecule has 0 aliphatic rings. The molecule has 0 aliphatic carbocycles. The predicted molar refractivity (Wildman–Crippen MR) is 89.0 cm³/mol. The van der Waals surface area contributed by atoms with E-state index in [1.54, 1.807) is 0 Å². The van der Waals surface area contributed by atoms with Gasteiger partial charge in [-0.25, -0.2) is 0 Å². The van der Waals surface area contributed by atoms with Crippen LogP contribution in [0.5, 0.6) is 11.5 Å². The van der Waals surface area contributed by atoms with Crippen LogP contribution in [0.4, 0.5) is 0 Å². The first-order valence-corrected chi connectivity index (χ1v) is 8.20. The van der Waals surface area contributed by atoms with Gasteiger partial charge in [-0.1, -0.05) is 60.1 Å². The molecule has 2 aromatic rings. The topological polar surface area (TPSA) is 9.23 Å². The standard InChI is InChI=1S/C18H21BrO/c1-4-13(2)16-7-5-6-8-18(16)20-17-10-9-15(12-19)11-14(17)3/h5-11,13H,4,12H2,1-3H3. The molecule has 0 aliphatic heterocycles. The van der Waals surface area contributed by atoms with Crippen LogP contribution in [0, 0.1) is 6.92 Å². The summed E-state index contributed by atoms with van der Waals surface area (Å²) in [6.45, 7) is 6.54. The molecule has 0 heterocycles. The van der Waals surface area contributed by atoms with Gasteiger partial charge >= 0.3 is 0 Å². The molecule has 106 valence electrons. The Labute approximate surface area is 130 Å². The highest BCUT2D eigenvalue weighted by Crippen LogP contribution is 2.33. The van der Waals surface area contributed by atoms with Gasteiger partial charge in [-0.15, -0.1) is 0 Å². The zero-order valence-corrected chi connectivity index (χ0v) is 13.9. The first kappa shape index (κ1) is 15.1.